The zero-order chi connectivity index (χ0) is 12.3. The van der Waals surface area contributed by atoms with E-state index < -0.39 is 0 Å². The Kier molecular flexibility index (Phi) is 3.58. The fourth-order valence-corrected chi connectivity index (χ4v) is 2.20. The SMILES string of the molecule is Nc1ncccc1C(=O)N1CCC(CCO)C1. The highest BCUT2D eigenvalue weighted by Gasteiger charge is 2.27. The van der Waals surface area contributed by atoms with Gasteiger partial charge in [0.05, 0.1) is 5.56 Å². The monoisotopic (exact) mass is 235 g/mol. The molecule has 1 aromatic heterocycles. The highest BCUT2D eigenvalue weighted by Crippen LogP contribution is 2.22. The molecule has 0 saturated carbocycles. The van der Waals surface area contributed by atoms with Crippen LogP contribution < -0.4 is 5.73 Å². The molecule has 3 N–H and O–H groups in total. The zero-order valence-electron chi connectivity index (χ0n) is 9.67. The van der Waals surface area contributed by atoms with Gasteiger partial charge >= 0.3 is 0 Å². The number of rotatable bonds is 3. The smallest absolute Gasteiger partial charge is 0.257 e. The molecule has 1 aliphatic rings. The Bertz CT molecular complexity index is 408. The Morgan fingerprint density at radius 3 is 3.18 bits per heavy atom. The highest BCUT2D eigenvalue weighted by molar-refractivity contribution is 5.98. The number of aliphatic hydroxyl groups excluding tert-OH is 1. The average Bonchev–Trinajstić information content (AvgIpc) is 2.78. The fourth-order valence-electron chi connectivity index (χ4n) is 2.20. The van der Waals surface area contributed by atoms with Crippen molar-refractivity contribution >= 4 is 11.7 Å². The average molecular weight is 235 g/mol. The van der Waals surface area contributed by atoms with E-state index in [2.05, 4.69) is 4.98 Å². The Balaban J connectivity index is 2.05. The lowest BCUT2D eigenvalue weighted by atomic mass is 10.1. The van der Waals surface area contributed by atoms with E-state index in [4.69, 9.17) is 10.8 Å². The zero-order valence-corrected chi connectivity index (χ0v) is 9.67. The van der Waals surface area contributed by atoms with Crippen molar-refractivity contribution in [2.24, 2.45) is 5.92 Å². The first-order chi connectivity index (χ1) is 8.22. The van der Waals surface area contributed by atoms with Crippen molar-refractivity contribution in [3.8, 4) is 0 Å². The van der Waals surface area contributed by atoms with E-state index in [1.54, 1.807) is 23.2 Å². The van der Waals surface area contributed by atoms with Gasteiger partial charge in [0.25, 0.3) is 5.91 Å². The first-order valence-corrected chi connectivity index (χ1v) is 5.83. The number of anilines is 1. The van der Waals surface area contributed by atoms with Crippen LogP contribution in [0.2, 0.25) is 0 Å². The number of nitrogens with zero attached hydrogens (tertiary/aromatic N) is 2. The predicted octanol–water partition coefficient (Wildman–Crippen LogP) is 0.508. The van der Waals surface area contributed by atoms with Crippen LogP contribution in [-0.2, 0) is 0 Å². The van der Waals surface area contributed by atoms with Gasteiger partial charge in [0, 0.05) is 25.9 Å². The van der Waals surface area contributed by atoms with E-state index in [9.17, 15) is 4.79 Å². The van der Waals surface area contributed by atoms with Crippen LogP contribution in [0.1, 0.15) is 23.2 Å². The third-order valence-corrected chi connectivity index (χ3v) is 3.18. The molecule has 17 heavy (non-hydrogen) atoms. The van der Waals surface area contributed by atoms with Crippen LogP contribution in [0.5, 0.6) is 0 Å². The second kappa shape index (κ2) is 5.14. The maximum absolute atomic E-state index is 12.2. The largest absolute Gasteiger partial charge is 0.396 e. The number of hydrogen-bond donors (Lipinski definition) is 2. The maximum atomic E-state index is 12.2. The van der Waals surface area contributed by atoms with Crippen molar-refractivity contribution in [2.75, 3.05) is 25.4 Å². The number of aliphatic hydroxyl groups is 1. The van der Waals surface area contributed by atoms with Crippen molar-refractivity contribution in [1.29, 1.82) is 0 Å². The Morgan fingerprint density at radius 2 is 2.47 bits per heavy atom. The van der Waals surface area contributed by atoms with Gasteiger partial charge in [-0.05, 0) is 30.9 Å². The number of nitrogens with two attached hydrogens (primary N) is 1. The molecule has 0 aliphatic carbocycles. The number of carbonyl (C=O) groups is 1. The van der Waals surface area contributed by atoms with Crippen LogP contribution in [0.25, 0.3) is 0 Å². The van der Waals surface area contributed by atoms with Gasteiger partial charge in [-0.15, -0.1) is 0 Å². The number of nitrogen functional groups attached to an aromatic ring is 1. The van der Waals surface area contributed by atoms with E-state index in [1.807, 2.05) is 0 Å². The van der Waals surface area contributed by atoms with E-state index >= 15 is 0 Å². The van der Waals surface area contributed by atoms with E-state index in [-0.39, 0.29) is 18.3 Å². The molecule has 0 aromatic carbocycles. The lowest BCUT2D eigenvalue weighted by Crippen LogP contribution is -2.29. The van der Waals surface area contributed by atoms with Crippen LogP contribution in [0, 0.1) is 5.92 Å². The molecular formula is C12H17N3O2. The van der Waals surface area contributed by atoms with Crippen LogP contribution in [0.3, 0.4) is 0 Å². The molecule has 1 amide bonds. The summed E-state index contributed by atoms with van der Waals surface area (Å²) in [6, 6.07) is 3.41. The normalized spacial score (nSPS) is 19.6. The summed E-state index contributed by atoms with van der Waals surface area (Å²) in [6.45, 7) is 1.62. The van der Waals surface area contributed by atoms with Gasteiger partial charge in [-0.3, -0.25) is 4.79 Å². The summed E-state index contributed by atoms with van der Waals surface area (Å²) in [5.74, 6) is 0.626. The van der Waals surface area contributed by atoms with E-state index in [0.717, 1.165) is 19.4 Å². The highest BCUT2D eigenvalue weighted by atomic mass is 16.3. The van der Waals surface area contributed by atoms with Gasteiger partial charge < -0.3 is 15.7 Å². The Morgan fingerprint density at radius 1 is 1.65 bits per heavy atom. The molecular weight excluding hydrogens is 218 g/mol. The number of hydrogen-bond acceptors (Lipinski definition) is 4. The number of carbonyl (C=O) groups excluding carboxylic acids is 1. The first kappa shape index (κ1) is 11.9. The summed E-state index contributed by atoms with van der Waals surface area (Å²) in [5, 5.41) is 8.88. The van der Waals surface area contributed by atoms with Crippen molar-refractivity contribution in [1.82, 2.24) is 9.88 Å². The second-order valence-corrected chi connectivity index (χ2v) is 4.35. The van der Waals surface area contributed by atoms with Gasteiger partial charge in [-0.2, -0.15) is 0 Å². The van der Waals surface area contributed by atoms with Crippen molar-refractivity contribution in [2.45, 2.75) is 12.8 Å². The summed E-state index contributed by atoms with van der Waals surface area (Å²) >= 11 is 0. The molecule has 0 bridgehead atoms. The molecule has 92 valence electrons. The number of aromatic nitrogens is 1. The standard InChI is InChI=1S/C12H17N3O2/c13-11-10(2-1-5-14-11)12(17)15-6-3-9(8-15)4-7-16/h1-2,5,9,16H,3-4,6-8H2,(H2,13,14). The van der Waals surface area contributed by atoms with Crippen molar-refractivity contribution < 1.29 is 9.90 Å². The predicted molar refractivity (Wildman–Crippen MR) is 64.4 cm³/mol. The summed E-state index contributed by atoms with van der Waals surface area (Å²) in [5.41, 5.74) is 6.15. The molecule has 0 radical (unpaired) electrons. The third-order valence-electron chi connectivity index (χ3n) is 3.18. The minimum atomic E-state index is -0.0592. The number of likely N-dealkylation sites (tertiary alicyclic amines) is 1. The molecule has 1 atom stereocenters. The van der Waals surface area contributed by atoms with Crippen LogP contribution in [0.15, 0.2) is 18.3 Å². The topological polar surface area (TPSA) is 79.5 Å². The van der Waals surface area contributed by atoms with Gasteiger partial charge in [0.2, 0.25) is 0 Å². The molecule has 0 spiro atoms. The minimum Gasteiger partial charge on any atom is -0.396 e. The quantitative estimate of drug-likeness (QED) is 0.800. The molecule has 1 fully saturated rings. The molecule has 2 heterocycles. The molecule has 1 aromatic rings. The molecule has 1 unspecified atom stereocenters. The third kappa shape index (κ3) is 2.55. The summed E-state index contributed by atoms with van der Waals surface area (Å²) < 4.78 is 0. The first-order valence-electron chi connectivity index (χ1n) is 5.83. The lowest BCUT2D eigenvalue weighted by Gasteiger charge is -2.17. The van der Waals surface area contributed by atoms with Gasteiger partial charge in [-0.25, -0.2) is 4.98 Å². The Hall–Kier alpha value is -1.62. The van der Waals surface area contributed by atoms with Gasteiger partial charge in [0.15, 0.2) is 0 Å². The van der Waals surface area contributed by atoms with Gasteiger partial charge in [0.1, 0.15) is 5.82 Å². The van der Waals surface area contributed by atoms with Crippen LogP contribution in [0.4, 0.5) is 5.82 Å². The molecule has 1 saturated heterocycles. The minimum absolute atomic E-state index is 0.0592. The van der Waals surface area contributed by atoms with Crippen molar-refractivity contribution in [3.05, 3.63) is 23.9 Å². The molecule has 5 heteroatoms. The summed E-state index contributed by atoms with van der Waals surface area (Å²) in [4.78, 5) is 17.9. The second-order valence-electron chi connectivity index (χ2n) is 4.35. The van der Waals surface area contributed by atoms with Crippen LogP contribution in [-0.4, -0.2) is 40.6 Å². The number of amides is 1. The fraction of sp³-hybridized carbons (Fsp3) is 0.500. The molecule has 1 aliphatic heterocycles. The van der Waals surface area contributed by atoms with Crippen LogP contribution >= 0.6 is 0 Å². The molecule has 5 nitrogen and oxygen atoms in total. The number of pyridine rings is 1. The Labute approximate surface area is 100 Å². The summed E-state index contributed by atoms with van der Waals surface area (Å²) in [7, 11) is 0. The van der Waals surface area contributed by atoms with Crippen molar-refractivity contribution in [3.63, 3.8) is 0 Å². The molecule has 2 rings (SSSR count). The van der Waals surface area contributed by atoms with Gasteiger partial charge in [-0.1, -0.05) is 0 Å². The summed E-state index contributed by atoms with van der Waals surface area (Å²) in [6.07, 6.45) is 3.28. The lowest BCUT2D eigenvalue weighted by molar-refractivity contribution is 0.0785. The maximum Gasteiger partial charge on any atom is 0.257 e. The van der Waals surface area contributed by atoms with E-state index in [0.29, 0.717) is 18.0 Å². The van der Waals surface area contributed by atoms with E-state index in [1.165, 1.54) is 0 Å².